The van der Waals surface area contributed by atoms with Crippen LogP contribution in [-0.2, 0) is 4.79 Å². The van der Waals surface area contributed by atoms with Crippen LogP contribution in [0.2, 0.25) is 0 Å². The number of halogens is 1. The molecule has 0 radical (unpaired) electrons. The minimum Gasteiger partial charge on any atom is -0.273 e. The predicted molar refractivity (Wildman–Crippen MR) is 53.5 cm³/mol. The average molecular weight is 235 g/mol. The molecule has 15 heavy (non-hydrogen) atoms. The quantitative estimate of drug-likeness (QED) is 0.801. The molecule has 1 atom stereocenters. The van der Waals surface area contributed by atoms with Crippen LogP contribution < -0.4 is 5.54 Å². The molecule has 0 aliphatic rings. The van der Waals surface area contributed by atoms with Crippen LogP contribution in [0.4, 0.5) is 4.48 Å². The number of carbonyl (C=O) groups is 1. The van der Waals surface area contributed by atoms with Crippen LogP contribution in [0, 0.1) is 44.7 Å². The van der Waals surface area contributed by atoms with Crippen molar-refractivity contribution in [2.24, 2.45) is 0 Å². The first-order chi connectivity index (χ1) is 6.63. The molecule has 0 spiro atoms. The molecule has 0 aliphatic carbocycles. The summed E-state index contributed by atoms with van der Waals surface area (Å²) < 4.78 is 11.7. The Morgan fingerprint density at radius 1 is 1.40 bits per heavy atom. The zero-order chi connectivity index (χ0) is 10.6. The number of rotatable bonds is 3. The second-order valence-corrected chi connectivity index (χ2v) is 3.53. The molecule has 0 aromatic heterocycles. The largest absolute Gasteiger partial charge is 0.273 e. The Bertz CT molecular complexity index is 313. The van der Waals surface area contributed by atoms with Crippen molar-refractivity contribution in [1.82, 2.24) is 5.54 Å². The summed E-state index contributed by atoms with van der Waals surface area (Å²) in [5.74, 6) is -0.524. The molecule has 0 saturated carbocycles. The predicted octanol–water partition coefficient (Wildman–Crippen LogP) is 2.49. The average Bonchev–Trinajstić information content (AvgIpc) is 2.18. The van der Waals surface area contributed by atoms with E-state index in [-0.39, 0.29) is 50.1 Å². The second-order valence-electron chi connectivity index (χ2n) is 3.53. The summed E-state index contributed by atoms with van der Waals surface area (Å²) in [7, 11) is 0. The van der Waals surface area contributed by atoms with Crippen molar-refractivity contribution < 1.29 is 47.0 Å². The minimum atomic E-state index is -0.571. The summed E-state index contributed by atoms with van der Waals surface area (Å²) in [6.07, 6.45) is 0.180. The zero-order valence-corrected chi connectivity index (χ0v) is 9.44. The van der Waals surface area contributed by atoms with Gasteiger partial charge in [0.15, 0.2) is 0 Å². The monoisotopic (exact) mass is 235 g/mol. The van der Waals surface area contributed by atoms with Crippen LogP contribution >= 0.6 is 0 Å². The van der Waals surface area contributed by atoms with Gasteiger partial charge in [0.1, 0.15) is 0 Å². The molecule has 0 aliphatic heterocycles. The third-order valence-corrected chi connectivity index (χ3v) is 2.24. The first kappa shape index (κ1) is 14.9. The van der Waals surface area contributed by atoms with E-state index in [0.29, 0.717) is 0 Å². The maximum Gasteiger partial charge on any atom is 0.248 e. The first-order valence-electron chi connectivity index (χ1n) is 4.59. The summed E-state index contributed by atoms with van der Waals surface area (Å²) in [4.78, 5) is 10.8. The van der Waals surface area contributed by atoms with E-state index in [1.54, 1.807) is 0 Å². The molecule has 4 heteroatoms. The van der Waals surface area contributed by atoms with Gasteiger partial charge in [-0.3, -0.25) is 4.79 Å². The SMILES string of the molecule is Cc1ccc(C(C)CC(=O)NF)cc1.[Ar]. The van der Waals surface area contributed by atoms with Gasteiger partial charge in [-0.15, -0.1) is 4.48 Å². The molecule has 2 nitrogen and oxygen atoms in total. The molecule has 1 rings (SSSR count). The normalized spacial score (nSPS) is 11.4. The molecule has 0 fully saturated rings. The number of hydrogen-bond donors (Lipinski definition) is 1. The standard InChI is InChI=1S/C11H14FNO.Ar/c1-8-3-5-10(6-4-8)9(2)7-11(14)13-12;/h3-6,9H,7H2,1-2H3,(H,13,14);. The molecule has 1 amide bonds. The van der Waals surface area contributed by atoms with Crippen LogP contribution in [0.5, 0.6) is 0 Å². The number of hydrogen-bond acceptors (Lipinski definition) is 1. The Kier molecular flexibility index (Phi) is 7.14. The van der Waals surface area contributed by atoms with E-state index in [1.165, 1.54) is 5.56 Å². The van der Waals surface area contributed by atoms with Gasteiger partial charge in [0, 0.05) is 44.2 Å². The Hall–Kier alpha value is -0.120. The summed E-state index contributed by atoms with van der Waals surface area (Å²) in [6, 6.07) is 7.90. The molecule has 84 valence electrons. The third-order valence-electron chi connectivity index (χ3n) is 2.24. The Morgan fingerprint density at radius 2 is 1.93 bits per heavy atom. The van der Waals surface area contributed by atoms with Crippen molar-refractivity contribution in [3.63, 3.8) is 0 Å². The molecular formula is C11H14ArFNO. The molecule has 0 heterocycles. The van der Waals surface area contributed by atoms with Crippen LogP contribution in [0.1, 0.15) is 30.4 Å². The van der Waals surface area contributed by atoms with Gasteiger partial charge >= 0.3 is 0 Å². The van der Waals surface area contributed by atoms with Gasteiger partial charge in [0.2, 0.25) is 5.91 Å². The maximum atomic E-state index is 11.7. The molecule has 1 aromatic carbocycles. The number of aryl methyl sites for hydroxylation is 1. The van der Waals surface area contributed by atoms with Crippen molar-refractivity contribution in [2.45, 2.75) is 26.2 Å². The number of amides is 1. The van der Waals surface area contributed by atoms with E-state index in [9.17, 15) is 9.28 Å². The van der Waals surface area contributed by atoms with E-state index < -0.39 is 5.91 Å². The molecular weight excluding hydrogens is 221 g/mol. The smallest absolute Gasteiger partial charge is 0.248 e. The van der Waals surface area contributed by atoms with Crippen molar-refractivity contribution in [3.8, 4) is 0 Å². The zero-order valence-electron chi connectivity index (χ0n) is 8.73. The Labute approximate surface area is 119 Å². The van der Waals surface area contributed by atoms with E-state index in [1.807, 2.05) is 38.1 Å². The topological polar surface area (TPSA) is 29.1 Å². The maximum absolute atomic E-state index is 11.7. The van der Waals surface area contributed by atoms with Gasteiger partial charge < -0.3 is 0 Å². The fourth-order valence-corrected chi connectivity index (χ4v) is 1.33. The van der Waals surface area contributed by atoms with Crippen molar-refractivity contribution >= 4 is 5.91 Å². The first-order valence-corrected chi connectivity index (χ1v) is 4.59. The van der Waals surface area contributed by atoms with E-state index in [4.69, 9.17) is 0 Å². The van der Waals surface area contributed by atoms with E-state index in [0.717, 1.165) is 11.1 Å². The van der Waals surface area contributed by atoms with Crippen LogP contribution in [0.15, 0.2) is 24.3 Å². The van der Waals surface area contributed by atoms with Gasteiger partial charge in [0.25, 0.3) is 0 Å². The van der Waals surface area contributed by atoms with Gasteiger partial charge in [-0.05, 0) is 18.4 Å². The van der Waals surface area contributed by atoms with Crippen molar-refractivity contribution in [2.75, 3.05) is 0 Å². The molecule has 1 N–H and O–H groups in total. The van der Waals surface area contributed by atoms with Crippen molar-refractivity contribution in [1.29, 1.82) is 0 Å². The fraction of sp³-hybridized carbons (Fsp3) is 0.364. The number of nitrogens with one attached hydrogen (secondary N) is 1. The fourth-order valence-electron chi connectivity index (χ4n) is 1.33. The third kappa shape index (κ3) is 4.96. The van der Waals surface area contributed by atoms with Crippen LogP contribution in [-0.4, -0.2) is 5.91 Å². The summed E-state index contributed by atoms with van der Waals surface area (Å²) in [6.45, 7) is 3.91. The van der Waals surface area contributed by atoms with Crippen LogP contribution in [0.25, 0.3) is 0 Å². The van der Waals surface area contributed by atoms with Gasteiger partial charge in [-0.25, -0.2) is 0 Å². The second kappa shape index (κ2) is 7.20. The molecule has 1 unspecified atom stereocenters. The van der Waals surface area contributed by atoms with Gasteiger partial charge in [-0.2, -0.15) is 5.54 Å². The van der Waals surface area contributed by atoms with Gasteiger partial charge in [0.05, 0.1) is 0 Å². The van der Waals surface area contributed by atoms with Crippen LogP contribution in [0.3, 0.4) is 0 Å². The van der Waals surface area contributed by atoms with E-state index >= 15 is 0 Å². The summed E-state index contributed by atoms with van der Waals surface area (Å²) in [5, 5.41) is 0. The number of carbonyl (C=O) groups excluding carboxylic acids is 1. The molecule has 1 aromatic rings. The van der Waals surface area contributed by atoms with Gasteiger partial charge in [-0.1, -0.05) is 36.8 Å². The summed E-state index contributed by atoms with van der Waals surface area (Å²) >= 11 is 0. The number of benzene rings is 1. The molecule has 0 saturated heterocycles. The Morgan fingerprint density at radius 3 is 2.40 bits per heavy atom. The summed E-state index contributed by atoms with van der Waals surface area (Å²) in [5.41, 5.74) is 3.37. The van der Waals surface area contributed by atoms with E-state index in [2.05, 4.69) is 0 Å². The molecule has 0 bridgehead atoms. The minimum absolute atomic E-state index is 0. The Balaban J connectivity index is 0.00000196. The van der Waals surface area contributed by atoms with Crippen molar-refractivity contribution in [3.05, 3.63) is 35.4 Å².